The van der Waals surface area contributed by atoms with E-state index in [4.69, 9.17) is 4.74 Å². The highest BCUT2D eigenvalue weighted by Crippen LogP contribution is 2.16. The van der Waals surface area contributed by atoms with Gasteiger partial charge in [0.2, 0.25) is 0 Å². The Morgan fingerprint density at radius 1 is 1.31 bits per heavy atom. The molecule has 0 atom stereocenters. The third-order valence-corrected chi connectivity index (χ3v) is 2.42. The van der Waals surface area contributed by atoms with Crippen LogP contribution in [0.25, 0.3) is 0 Å². The molecule has 13 heavy (non-hydrogen) atoms. The molecule has 1 saturated heterocycles. The zero-order valence-electron chi connectivity index (χ0n) is 7.94. The molecule has 1 aliphatic heterocycles. The number of rotatable bonds is 3. The minimum absolute atomic E-state index is 0.405. The van der Waals surface area contributed by atoms with Gasteiger partial charge in [0, 0.05) is 13.1 Å². The second kappa shape index (κ2) is 3.79. The molecule has 70 valence electrons. The molecule has 1 aromatic carbocycles. The fourth-order valence-electron chi connectivity index (χ4n) is 1.55. The average Bonchev–Trinajstić information content (AvgIpc) is 2.12. The molecule has 0 saturated carbocycles. The highest BCUT2D eigenvalue weighted by Gasteiger charge is 2.26. The van der Waals surface area contributed by atoms with E-state index in [1.807, 2.05) is 30.3 Å². The zero-order chi connectivity index (χ0) is 9.10. The second-order valence-corrected chi connectivity index (χ2v) is 3.41. The Balaban J connectivity index is 1.81. The minimum atomic E-state index is 0.405. The van der Waals surface area contributed by atoms with E-state index in [0.29, 0.717) is 6.10 Å². The van der Waals surface area contributed by atoms with Gasteiger partial charge in [-0.1, -0.05) is 25.1 Å². The Kier molecular flexibility index (Phi) is 2.50. The number of hydrogen-bond acceptors (Lipinski definition) is 2. The standard InChI is InChI=1S/C11H15NO/c1-2-12-8-11(9-12)13-10-6-4-3-5-7-10/h3-7,11H,2,8-9H2,1H3. The van der Waals surface area contributed by atoms with Crippen molar-refractivity contribution >= 4 is 0 Å². The summed E-state index contributed by atoms with van der Waals surface area (Å²) in [6.07, 6.45) is 0.405. The Morgan fingerprint density at radius 2 is 2.00 bits per heavy atom. The molecule has 0 unspecified atom stereocenters. The Labute approximate surface area is 79.1 Å². The van der Waals surface area contributed by atoms with Gasteiger partial charge in [-0.25, -0.2) is 0 Å². The second-order valence-electron chi connectivity index (χ2n) is 3.41. The van der Waals surface area contributed by atoms with Crippen molar-refractivity contribution in [3.8, 4) is 5.75 Å². The van der Waals surface area contributed by atoms with Gasteiger partial charge in [0.15, 0.2) is 0 Å². The minimum Gasteiger partial charge on any atom is -0.488 e. The van der Waals surface area contributed by atoms with E-state index in [0.717, 1.165) is 25.4 Å². The van der Waals surface area contributed by atoms with Gasteiger partial charge in [0.1, 0.15) is 11.9 Å². The van der Waals surface area contributed by atoms with Crippen LogP contribution in [0.5, 0.6) is 5.75 Å². The first-order chi connectivity index (χ1) is 6.38. The Hall–Kier alpha value is -1.02. The summed E-state index contributed by atoms with van der Waals surface area (Å²) in [6.45, 7) is 5.46. The van der Waals surface area contributed by atoms with Crippen LogP contribution >= 0.6 is 0 Å². The maximum Gasteiger partial charge on any atom is 0.124 e. The van der Waals surface area contributed by atoms with Gasteiger partial charge in [0.05, 0.1) is 0 Å². The molecule has 2 nitrogen and oxygen atoms in total. The van der Waals surface area contributed by atoms with Crippen LogP contribution in [-0.4, -0.2) is 30.6 Å². The molecule has 0 bridgehead atoms. The van der Waals surface area contributed by atoms with E-state index in [1.165, 1.54) is 0 Å². The van der Waals surface area contributed by atoms with Gasteiger partial charge in [-0.3, -0.25) is 4.90 Å². The predicted molar refractivity (Wildman–Crippen MR) is 53.0 cm³/mol. The monoisotopic (exact) mass is 177 g/mol. The summed E-state index contributed by atoms with van der Waals surface area (Å²) in [5.41, 5.74) is 0. The quantitative estimate of drug-likeness (QED) is 0.697. The smallest absolute Gasteiger partial charge is 0.124 e. The first-order valence-electron chi connectivity index (χ1n) is 4.82. The predicted octanol–water partition coefficient (Wildman–Crippen LogP) is 1.77. The molecular formula is C11H15NO. The molecule has 0 amide bonds. The van der Waals surface area contributed by atoms with Gasteiger partial charge in [-0.05, 0) is 18.7 Å². The van der Waals surface area contributed by atoms with Crippen LogP contribution in [0.3, 0.4) is 0 Å². The van der Waals surface area contributed by atoms with Crippen molar-refractivity contribution in [3.63, 3.8) is 0 Å². The van der Waals surface area contributed by atoms with Gasteiger partial charge in [0.25, 0.3) is 0 Å². The van der Waals surface area contributed by atoms with Crippen molar-refractivity contribution in [1.82, 2.24) is 4.90 Å². The SMILES string of the molecule is CCN1CC(Oc2ccccc2)C1. The Morgan fingerprint density at radius 3 is 2.62 bits per heavy atom. The lowest BCUT2D eigenvalue weighted by atomic mass is 10.2. The molecule has 0 aliphatic carbocycles. The van der Waals surface area contributed by atoms with E-state index in [9.17, 15) is 0 Å². The normalized spacial score (nSPS) is 18.2. The molecular weight excluding hydrogens is 162 g/mol. The first-order valence-corrected chi connectivity index (χ1v) is 4.82. The van der Waals surface area contributed by atoms with E-state index < -0.39 is 0 Å². The van der Waals surface area contributed by atoms with E-state index in [-0.39, 0.29) is 0 Å². The molecule has 2 rings (SSSR count). The zero-order valence-corrected chi connectivity index (χ0v) is 7.94. The van der Waals surface area contributed by atoms with Gasteiger partial charge >= 0.3 is 0 Å². The number of para-hydroxylation sites is 1. The summed E-state index contributed by atoms with van der Waals surface area (Å²) in [5.74, 6) is 0.989. The van der Waals surface area contributed by atoms with Crippen molar-refractivity contribution in [2.24, 2.45) is 0 Å². The van der Waals surface area contributed by atoms with E-state index in [2.05, 4.69) is 11.8 Å². The highest BCUT2D eigenvalue weighted by molar-refractivity contribution is 5.21. The number of nitrogens with zero attached hydrogens (tertiary/aromatic N) is 1. The van der Waals surface area contributed by atoms with E-state index in [1.54, 1.807) is 0 Å². The number of likely N-dealkylation sites (tertiary alicyclic amines) is 1. The fourth-order valence-corrected chi connectivity index (χ4v) is 1.55. The van der Waals surface area contributed by atoms with Crippen LogP contribution in [0, 0.1) is 0 Å². The van der Waals surface area contributed by atoms with Crippen LogP contribution in [0.1, 0.15) is 6.92 Å². The average molecular weight is 177 g/mol. The molecule has 2 heteroatoms. The maximum absolute atomic E-state index is 5.74. The lowest BCUT2D eigenvalue weighted by molar-refractivity contribution is 0.0238. The highest BCUT2D eigenvalue weighted by atomic mass is 16.5. The van der Waals surface area contributed by atoms with Crippen LogP contribution in [0.2, 0.25) is 0 Å². The summed E-state index contributed by atoms with van der Waals surface area (Å²) in [6, 6.07) is 10.0. The third kappa shape index (κ3) is 2.01. The fraction of sp³-hybridized carbons (Fsp3) is 0.455. The van der Waals surface area contributed by atoms with Crippen molar-refractivity contribution in [2.45, 2.75) is 13.0 Å². The van der Waals surface area contributed by atoms with Crippen molar-refractivity contribution < 1.29 is 4.74 Å². The van der Waals surface area contributed by atoms with E-state index >= 15 is 0 Å². The lowest BCUT2D eigenvalue weighted by Crippen LogP contribution is -2.53. The van der Waals surface area contributed by atoms with Gasteiger partial charge in [-0.15, -0.1) is 0 Å². The Bertz CT molecular complexity index is 254. The summed E-state index contributed by atoms with van der Waals surface area (Å²) in [5, 5.41) is 0. The summed E-state index contributed by atoms with van der Waals surface area (Å²) in [7, 11) is 0. The molecule has 1 aliphatic rings. The molecule has 0 radical (unpaired) electrons. The number of likely N-dealkylation sites (N-methyl/N-ethyl adjacent to an activating group) is 1. The summed E-state index contributed by atoms with van der Waals surface area (Å²) >= 11 is 0. The topological polar surface area (TPSA) is 12.5 Å². The van der Waals surface area contributed by atoms with Crippen molar-refractivity contribution in [2.75, 3.05) is 19.6 Å². The molecule has 0 aromatic heterocycles. The molecule has 1 heterocycles. The van der Waals surface area contributed by atoms with Gasteiger partial charge in [-0.2, -0.15) is 0 Å². The molecule has 1 fully saturated rings. The maximum atomic E-state index is 5.74. The summed E-state index contributed by atoms with van der Waals surface area (Å²) < 4.78 is 5.74. The molecule has 0 spiro atoms. The van der Waals surface area contributed by atoms with Crippen molar-refractivity contribution in [3.05, 3.63) is 30.3 Å². The van der Waals surface area contributed by atoms with Crippen LogP contribution in [0.15, 0.2) is 30.3 Å². The lowest BCUT2D eigenvalue weighted by Gasteiger charge is -2.38. The van der Waals surface area contributed by atoms with Crippen LogP contribution in [0.4, 0.5) is 0 Å². The van der Waals surface area contributed by atoms with Crippen molar-refractivity contribution in [1.29, 1.82) is 0 Å². The number of ether oxygens (including phenoxy) is 1. The first kappa shape index (κ1) is 8.57. The third-order valence-electron chi connectivity index (χ3n) is 2.42. The largest absolute Gasteiger partial charge is 0.488 e. The van der Waals surface area contributed by atoms with Crippen LogP contribution in [-0.2, 0) is 0 Å². The number of hydrogen-bond donors (Lipinski definition) is 0. The van der Waals surface area contributed by atoms with Crippen LogP contribution < -0.4 is 4.74 Å². The molecule has 0 N–H and O–H groups in total. The van der Waals surface area contributed by atoms with Gasteiger partial charge < -0.3 is 4.74 Å². The summed E-state index contributed by atoms with van der Waals surface area (Å²) in [4.78, 5) is 2.37. The number of benzene rings is 1. The molecule has 1 aromatic rings.